The van der Waals surface area contributed by atoms with Crippen molar-refractivity contribution in [3.63, 3.8) is 0 Å². The predicted molar refractivity (Wildman–Crippen MR) is 86.5 cm³/mol. The molecule has 0 saturated carbocycles. The minimum atomic E-state index is -1.03. The number of nitrogens with one attached hydrogen (secondary N) is 1. The summed E-state index contributed by atoms with van der Waals surface area (Å²) in [5, 5.41) is 12.4. The fourth-order valence-corrected chi connectivity index (χ4v) is 3.61. The summed E-state index contributed by atoms with van der Waals surface area (Å²) in [6, 6.07) is 4.37. The van der Waals surface area contributed by atoms with Gasteiger partial charge in [-0.25, -0.2) is 4.39 Å². The molecule has 2 rings (SSSR count). The Labute approximate surface area is 137 Å². The predicted octanol–water partition coefficient (Wildman–Crippen LogP) is 2.96. The van der Waals surface area contributed by atoms with Gasteiger partial charge in [0, 0.05) is 11.8 Å². The number of aryl methyl sites for hydroxylation is 1. The van der Waals surface area contributed by atoms with E-state index in [0.29, 0.717) is 15.8 Å². The van der Waals surface area contributed by atoms with Crippen LogP contribution in [0.1, 0.15) is 28.6 Å². The molecule has 0 aliphatic rings. The largest absolute Gasteiger partial charge is 0.481 e. The number of thiophene rings is 1. The van der Waals surface area contributed by atoms with Crippen LogP contribution in [-0.2, 0) is 9.53 Å². The molecule has 124 valence electrons. The maximum atomic E-state index is 13.4. The van der Waals surface area contributed by atoms with E-state index in [4.69, 9.17) is 9.84 Å². The summed E-state index contributed by atoms with van der Waals surface area (Å²) in [6.07, 6.45) is -0.259. The third-order valence-electron chi connectivity index (χ3n) is 3.52. The third-order valence-corrected chi connectivity index (χ3v) is 4.80. The first-order valence-electron chi connectivity index (χ1n) is 6.97. The topological polar surface area (TPSA) is 75.6 Å². The van der Waals surface area contributed by atoms with Crippen LogP contribution in [0.2, 0.25) is 0 Å². The normalized spacial score (nSPS) is 13.7. The summed E-state index contributed by atoms with van der Waals surface area (Å²) in [7, 11) is 1.44. The lowest BCUT2D eigenvalue weighted by molar-refractivity contribution is -0.139. The first kappa shape index (κ1) is 17.4. The minimum absolute atomic E-state index is 0.0730. The van der Waals surface area contributed by atoms with Crippen LogP contribution >= 0.6 is 11.3 Å². The molecule has 0 fully saturated rings. The van der Waals surface area contributed by atoms with Crippen molar-refractivity contribution >= 4 is 33.3 Å². The molecule has 0 aliphatic carbocycles. The Balaban J connectivity index is 2.32. The van der Waals surface area contributed by atoms with Gasteiger partial charge in [0.1, 0.15) is 5.82 Å². The lowest BCUT2D eigenvalue weighted by Crippen LogP contribution is -2.50. The van der Waals surface area contributed by atoms with Crippen LogP contribution in [0.5, 0.6) is 0 Å². The van der Waals surface area contributed by atoms with E-state index >= 15 is 0 Å². The first-order chi connectivity index (χ1) is 10.8. The number of methoxy groups -OCH3 is 1. The van der Waals surface area contributed by atoms with Crippen LogP contribution in [0.25, 0.3) is 10.1 Å². The molecule has 5 nitrogen and oxygen atoms in total. The van der Waals surface area contributed by atoms with Crippen molar-refractivity contribution in [2.24, 2.45) is 0 Å². The van der Waals surface area contributed by atoms with E-state index in [2.05, 4.69) is 5.32 Å². The van der Waals surface area contributed by atoms with Gasteiger partial charge in [0.25, 0.3) is 5.91 Å². The van der Waals surface area contributed by atoms with Gasteiger partial charge in [-0.3, -0.25) is 9.59 Å². The van der Waals surface area contributed by atoms with Crippen molar-refractivity contribution in [2.75, 3.05) is 13.7 Å². The van der Waals surface area contributed by atoms with Crippen LogP contribution in [0.3, 0.4) is 0 Å². The molecule has 1 amide bonds. The number of fused-ring (bicyclic) bond motifs is 1. The lowest BCUT2D eigenvalue weighted by Gasteiger charge is -2.28. The highest BCUT2D eigenvalue weighted by Crippen LogP contribution is 2.31. The van der Waals surface area contributed by atoms with E-state index in [0.717, 1.165) is 4.70 Å². The van der Waals surface area contributed by atoms with Crippen LogP contribution < -0.4 is 5.32 Å². The number of carboxylic acid groups (broad SMARTS) is 1. The van der Waals surface area contributed by atoms with Gasteiger partial charge in [-0.1, -0.05) is 0 Å². The summed E-state index contributed by atoms with van der Waals surface area (Å²) in [6.45, 7) is 3.44. The molecule has 2 aromatic rings. The highest BCUT2D eigenvalue weighted by atomic mass is 32.1. The fourth-order valence-electron chi connectivity index (χ4n) is 2.52. The van der Waals surface area contributed by atoms with Crippen molar-refractivity contribution in [3.05, 3.63) is 34.5 Å². The maximum Gasteiger partial charge on any atom is 0.305 e. The minimum Gasteiger partial charge on any atom is -0.481 e. The van der Waals surface area contributed by atoms with Gasteiger partial charge < -0.3 is 15.2 Å². The molecule has 0 bridgehead atoms. The lowest BCUT2D eigenvalue weighted by atomic mass is 9.98. The Morgan fingerprint density at radius 3 is 2.74 bits per heavy atom. The second kappa shape index (κ2) is 6.64. The number of hydrogen-bond donors (Lipinski definition) is 2. The first-order valence-corrected chi connectivity index (χ1v) is 7.79. The van der Waals surface area contributed by atoms with Gasteiger partial charge in [0.2, 0.25) is 0 Å². The Morgan fingerprint density at radius 1 is 1.43 bits per heavy atom. The van der Waals surface area contributed by atoms with Crippen molar-refractivity contribution in [3.8, 4) is 0 Å². The second-order valence-corrected chi connectivity index (χ2v) is 6.77. The van der Waals surface area contributed by atoms with Crippen molar-refractivity contribution in [1.82, 2.24) is 5.32 Å². The highest BCUT2D eigenvalue weighted by Gasteiger charge is 2.31. The Hall–Kier alpha value is -1.99. The van der Waals surface area contributed by atoms with E-state index in [1.54, 1.807) is 19.9 Å². The SMILES string of the molecule is COCC(C)(CC(=O)O)NC(=O)c1sc2ccc(F)cc2c1C. The standard InChI is InChI=1S/C16H18FNO4S/c1-9-11-6-10(17)4-5-12(11)23-14(9)15(21)18-16(2,8-22-3)7-13(19)20/h4-6H,7-8H2,1-3H3,(H,18,21)(H,19,20). The van der Waals surface area contributed by atoms with Crippen LogP contribution in [0.4, 0.5) is 4.39 Å². The number of aliphatic carboxylic acids is 1. The molecule has 23 heavy (non-hydrogen) atoms. The molecule has 7 heteroatoms. The van der Waals surface area contributed by atoms with E-state index in [-0.39, 0.29) is 24.8 Å². The van der Waals surface area contributed by atoms with Crippen molar-refractivity contribution < 1.29 is 23.8 Å². The Bertz CT molecular complexity index is 758. The van der Waals surface area contributed by atoms with Gasteiger partial charge in [-0.05, 0) is 43.0 Å². The number of hydrogen-bond acceptors (Lipinski definition) is 4. The average Bonchev–Trinajstić information content (AvgIpc) is 2.75. The van der Waals surface area contributed by atoms with Gasteiger partial charge in [-0.2, -0.15) is 0 Å². The molecule has 0 spiro atoms. The zero-order valence-electron chi connectivity index (χ0n) is 13.1. The van der Waals surface area contributed by atoms with Crippen LogP contribution in [0.15, 0.2) is 18.2 Å². The van der Waals surface area contributed by atoms with E-state index < -0.39 is 11.5 Å². The van der Waals surface area contributed by atoms with Crippen molar-refractivity contribution in [2.45, 2.75) is 25.8 Å². The summed E-state index contributed by atoms with van der Waals surface area (Å²) in [5.41, 5.74) is -0.344. The smallest absolute Gasteiger partial charge is 0.305 e. The molecule has 0 aliphatic heterocycles. The summed E-state index contributed by atoms with van der Waals surface area (Å²) < 4.78 is 19.2. The highest BCUT2D eigenvalue weighted by molar-refractivity contribution is 7.21. The van der Waals surface area contributed by atoms with E-state index in [9.17, 15) is 14.0 Å². The second-order valence-electron chi connectivity index (χ2n) is 5.71. The number of carboxylic acids is 1. The van der Waals surface area contributed by atoms with Gasteiger partial charge in [-0.15, -0.1) is 11.3 Å². The fraction of sp³-hybridized carbons (Fsp3) is 0.375. The number of benzene rings is 1. The molecular weight excluding hydrogens is 321 g/mol. The number of halogens is 1. The average molecular weight is 339 g/mol. The number of amides is 1. The molecule has 1 heterocycles. The molecule has 1 aromatic carbocycles. The molecule has 2 N–H and O–H groups in total. The van der Waals surface area contributed by atoms with Crippen LogP contribution in [0, 0.1) is 12.7 Å². The Morgan fingerprint density at radius 2 is 2.13 bits per heavy atom. The summed E-state index contributed by atoms with van der Waals surface area (Å²) in [5.74, 6) is -1.77. The zero-order chi connectivity index (χ0) is 17.2. The molecule has 1 aromatic heterocycles. The van der Waals surface area contributed by atoms with Crippen molar-refractivity contribution in [1.29, 1.82) is 0 Å². The molecule has 0 saturated heterocycles. The number of rotatable bonds is 6. The van der Waals surface area contributed by atoms with E-state index in [1.807, 2.05) is 0 Å². The number of carbonyl (C=O) groups is 2. The quantitative estimate of drug-likeness (QED) is 0.848. The molecular formula is C16H18FNO4S. The summed E-state index contributed by atoms with van der Waals surface area (Å²) >= 11 is 1.25. The van der Waals surface area contributed by atoms with Gasteiger partial charge in [0.05, 0.1) is 23.4 Å². The molecule has 1 atom stereocenters. The molecule has 0 radical (unpaired) electrons. The van der Waals surface area contributed by atoms with Crippen LogP contribution in [-0.4, -0.2) is 36.2 Å². The number of carbonyl (C=O) groups excluding carboxylic acids is 1. The zero-order valence-corrected chi connectivity index (χ0v) is 13.9. The van der Waals surface area contributed by atoms with Gasteiger partial charge >= 0.3 is 5.97 Å². The third kappa shape index (κ3) is 3.86. The monoisotopic (exact) mass is 339 g/mol. The number of ether oxygens (including phenoxy) is 1. The Kier molecular flexibility index (Phi) is 5.01. The summed E-state index contributed by atoms with van der Waals surface area (Å²) in [4.78, 5) is 24.0. The molecule has 1 unspecified atom stereocenters. The van der Waals surface area contributed by atoms with E-state index in [1.165, 1.54) is 30.6 Å². The van der Waals surface area contributed by atoms with Gasteiger partial charge in [0.15, 0.2) is 0 Å². The maximum absolute atomic E-state index is 13.4.